The van der Waals surface area contributed by atoms with Crippen LogP contribution in [0.3, 0.4) is 0 Å². The second kappa shape index (κ2) is 5.15. The van der Waals surface area contributed by atoms with Crippen molar-refractivity contribution in [2.45, 2.75) is 9.24 Å². The fourth-order valence-corrected chi connectivity index (χ4v) is 3.88. The van der Waals surface area contributed by atoms with E-state index in [-0.39, 0.29) is 9.24 Å². The van der Waals surface area contributed by atoms with Crippen molar-refractivity contribution in [3.8, 4) is 11.4 Å². The monoisotopic (exact) mass is 302 g/mol. The maximum Gasteiger partial charge on any atom is 0.235 e. The van der Waals surface area contributed by atoms with Crippen molar-refractivity contribution >= 4 is 21.4 Å². The van der Waals surface area contributed by atoms with Gasteiger partial charge in [0.1, 0.15) is 0 Å². The summed E-state index contributed by atoms with van der Waals surface area (Å²) in [6.45, 7) is 0. The molecule has 20 heavy (non-hydrogen) atoms. The summed E-state index contributed by atoms with van der Waals surface area (Å²) in [6, 6.07) is 17.6. The molecule has 0 radical (unpaired) electrons. The summed E-state index contributed by atoms with van der Waals surface area (Å²) in [5, 5.41) is 0. The predicted octanol–water partition coefficient (Wildman–Crippen LogP) is 3.04. The first kappa shape index (κ1) is 13.0. The minimum atomic E-state index is -3.58. The van der Waals surface area contributed by atoms with Gasteiger partial charge >= 0.3 is 0 Å². The summed E-state index contributed by atoms with van der Waals surface area (Å²) < 4.78 is 28.9. The Kier molecular flexibility index (Phi) is 3.33. The molecule has 0 atom stereocenters. The molecule has 0 aliphatic carbocycles. The quantitative estimate of drug-likeness (QED) is 0.746. The molecule has 1 aromatic heterocycles. The SMILES string of the molecule is O=S(=O)(c1ccccc1)c1nc(-c2ccccc2)ns1. The Balaban J connectivity index is 2.03. The third kappa shape index (κ3) is 2.35. The Hall–Kier alpha value is -2.05. The summed E-state index contributed by atoms with van der Waals surface area (Å²) in [7, 11) is -3.58. The summed E-state index contributed by atoms with van der Waals surface area (Å²) in [4.78, 5) is 4.38. The Morgan fingerprint density at radius 3 is 2.10 bits per heavy atom. The van der Waals surface area contributed by atoms with Crippen LogP contribution in [0.15, 0.2) is 69.9 Å². The van der Waals surface area contributed by atoms with Gasteiger partial charge in [-0.2, -0.15) is 4.37 Å². The molecule has 0 saturated heterocycles. The molecule has 0 unspecified atom stereocenters. The number of hydrogen-bond acceptors (Lipinski definition) is 5. The van der Waals surface area contributed by atoms with Gasteiger partial charge in [0.25, 0.3) is 0 Å². The molecular weight excluding hydrogens is 292 g/mol. The van der Waals surface area contributed by atoms with Crippen molar-refractivity contribution in [2.24, 2.45) is 0 Å². The van der Waals surface area contributed by atoms with E-state index in [2.05, 4.69) is 9.36 Å². The van der Waals surface area contributed by atoms with Gasteiger partial charge in [0.15, 0.2) is 5.82 Å². The molecule has 100 valence electrons. The van der Waals surface area contributed by atoms with Crippen LogP contribution in [0.4, 0.5) is 0 Å². The van der Waals surface area contributed by atoms with Gasteiger partial charge < -0.3 is 0 Å². The Bertz CT molecular complexity index is 813. The van der Waals surface area contributed by atoms with E-state index in [0.717, 1.165) is 17.1 Å². The maximum absolute atomic E-state index is 12.4. The van der Waals surface area contributed by atoms with Crippen LogP contribution in [0, 0.1) is 0 Å². The Morgan fingerprint density at radius 2 is 1.45 bits per heavy atom. The Morgan fingerprint density at radius 1 is 0.850 bits per heavy atom. The molecule has 0 amide bonds. The number of rotatable bonds is 3. The fraction of sp³-hybridized carbons (Fsp3) is 0. The van der Waals surface area contributed by atoms with E-state index in [0.29, 0.717) is 5.82 Å². The highest BCUT2D eigenvalue weighted by atomic mass is 32.2. The van der Waals surface area contributed by atoms with Crippen LogP contribution in [0.25, 0.3) is 11.4 Å². The van der Waals surface area contributed by atoms with Gasteiger partial charge in [-0.15, -0.1) is 0 Å². The minimum Gasteiger partial charge on any atom is -0.216 e. The van der Waals surface area contributed by atoms with Crippen LogP contribution in [-0.2, 0) is 9.84 Å². The molecule has 3 rings (SSSR count). The van der Waals surface area contributed by atoms with E-state index in [1.807, 2.05) is 30.3 Å². The van der Waals surface area contributed by atoms with Crippen LogP contribution >= 0.6 is 11.5 Å². The van der Waals surface area contributed by atoms with Gasteiger partial charge in [-0.25, -0.2) is 13.4 Å². The number of nitrogens with zero attached hydrogens (tertiary/aromatic N) is 2. The molecule has 0 fully saturated rings. The highest BCUT2D eigenvalue weighted by Crippen LogP contribution is 2.25. The average molecular weight is 302 g/mol. The molecule has 2 aromatic carbocycles. The summed E-state index contributed by atoms with van der Waals surface area (Å²) in [5.74, 6) is 0.435. The number of sulfone groups is 1. The van der Waals surface area contributed by atoms with Crippen molar-refractivity contribution in [3.05, 3.63) is 60.7 Å². The first-order chi connectivity index (χ1) is 9.68. The van der Waals surface area contributed by atoms with E-state index in [9.17, 15) is 8.42 Å². The first-order valence-electron chi connectivity index (χ1n) is 5.87. The van der Waals surface area contributed by atoms with Crippen molar-refractivity contribution < 1.29 is 8.42 Å². The maximum atomic E-state index is 12.4. The van der Waals surface area contributed by atoms with E-state index in [1.165, 1.54) is 0 Å². The number of aromatic nitrogens is 2. The van der Waals surface area contributed by atoms with Crippen molar-refractivity contribution in [1.29, 1.82) is 0 Å². The normalized spacial score (nSPS) is 11.4. The van der Waals surface area contributed by atoms with Crippen molar-refractivity contribution in [3.63, 3.8) is 0 Å². The molecule has 1 heterocycles. The molecule has 0 aliphatic rings. The van der Waals surface area contributed by atoms with E-state index >= 15 is 0 Å². The van der Waals surface area contributed by atoms with E-state index in [1.54, 1.807) is 30.3 Å². The zero-order valence-corrected chi connectivity index (χ0v) is 11.9. The average Bonchev–Trinajstić information content (AvgIpc) is 3.00. The van der Waals surface area contributed by atoms with Crippen LogP contribution in [0.1, 0.15) is 0 Å². The van der Waals surface area contributed by atoms with Gasteiger partial charge in [0.05, 0.1) is 4.90 Å². The lowest BCUT2D eigenvalue weighted by atomic mass is 10.2. The van der Waals surface area contributed by atoms with Gasteiger partial charge in [-0.3, -0.25) is 0 Å². The van der Waals surface area contributed by atoms with Gasteiger partial charge in [0, 0.05) is 5.56 Å². The highest BCUT2D eigenvalue weighted by Gasteiger charge is 2.22. The minimum absolute atomic E-state index is 0.0163. The number of hydrogen-bond donors (Lipinski definition) is 0. The summed E-state index contributed by atoms with van der Waals surface area (Å²) in [5.41, 5.74) is 0.804. The molecule has 3 aromatic rings. The lowest BCUT2D eigenvalue weighted by Crippen LogP contribution is -2.01. The molecule has 0 N–H and O–H groups in total. The predicted molar refractivity (Wildman–Crippen MR) is 77.2 cm³/mol. The molecule has 0 aliphatic heterocycles. The van der Waals surface area contributed by atoms with Crippen molar-refractivity contribution in [2.75, 3.05) is 0 Å². The highest BCUT2D eigenvalue weighted by molar-refractivity contribution is 7.93. The smallest absolute Gasteiger partial charge is 0.216 e. The largest absolute Gasteiger partial charge is 0.235 e. The first-order valence-corrected chi connectivity index (χ1v) is 8.13. The molecule has 6 heteroatoms. The van der Waals surface area contributed by atoms with Crippen LogP contribution in [0.2, 0.25) is 0 Å². The lowest BCUT2D eigenvalue weighted by molar-refractivity contribution is 0.595. The molecular formula is C14H10N2O2S2. The standard InChI is InChI=1S/C14H10N2O2S2/c17-20(18,12-9-5-2-6-10-12)14-15-13(16-19-14)11-7-3-1-4-8-11/h1-10H. The topological polar surface area (TPSA) is 59.9 Å². The molecule has 0 spiro atoms. The van der Waals surface area contributed by atoms with Gasteiger partial charge in [0.2, 0.25) is 14.2 Å². The molecule has 4 nitrogen and oxygen atoms in total. The second-order valence-electron chi connectivity index (χ2n) is 4.07. The zero-order chi connectivity index (χ0) is 14.0. The summed E-state index contributed by atoms with van der Waals surface area (Å²) in [6.07, 6.45) is 0. The summed E-state index contributed by atoms with van der Waals surface area (Å²) >= 11 is 0.897. The Labute approximate surface area is 120 Å². The van der Waals surface area contributed by atoms with Crippen LogP contribution in [-0.4, -0.2) is 17.8 Å². The van der Waals surface area contributed by atoms with Crippen LogP contribution < -0.4 is 0 Å². The van der Waals surface area contributed by atoms with Crippen LogP contribution in [0.5, 0.6) is 0 Å². The number of benzene rings is 2. The fourth-order valence-electron chi connectivity index (χ4n) is 1.72. The van der Waals surface area contributed by atoms with Crippen molar-refractivity contribution in [1.82, 2.24) is 9.36 Å². The van der Waals surface area contributed by atoms with Gasteiger partial charge in [-0.05, 0) is 23.7 Å². The molecule has 0 saturated carbocycles. The second-order valence-corrected chi connectivity index (χ2v) is 6.94. The van der Waals surface area contributed by atoms with E-state index < -0.39 is 9.84 Å². The lowest BCUT2D eigenvalue weighted by Gasteiger charge is -1.98. The third-order valence-corrected chi connectivity index (χ3v) is 5.56. The molecule has 0 bridgehead atoms. The third-order valence-electron chi connectivity index (χ3n) is 2.72. The van der Waals surface area contributed by atoms with Gasteiger partial charge in [-0.1, -0.05) is 48.5 Å². The zero-order valence-electron chi connectivity index (χ0n) is 10.3. The van der Waals surface area contributed by atoms with E-state index in [4.69, 9.17) is 0 Å².